The highest BCUT2D eigenvalue weighted by atomic mass is 79.9. The Kier molecular flexibility index (Phi) is 4.72. The van der Waals surface area contributed by atoms with E-state index in [4.69, 9.17) is 9.47 Å². The van der Waals surface area contributed by atoms with Crippen LogP contribution < -0.4 is 14.8 Å². The van der Waals surface area contributed by atoms with Gasteiger partial charge < -0.3 is 14.8 Å². The van der Waals surface area contributed by atoms with Crippen LogP contribution in [0, 0.1) is 0 Å². The van der Waals surface area contributed by atoms with E-state index in [0.717, 1.165) is 41.2 Å². The highest BCUT2D eigenvalue weighted by Gasteiger charge is 2.16. The van der Waals surface area contributed by atoms with Gasteiger partial charge in [0, 0.05) is 31.4 Å². The molecule has 1 aromatic heterocycles. The first-order valence-electron chi connectivity index (χ1n) is 7.01. The number of ether oxygens (including phenoxy) is 2. The van der Waals surface area contributed by atoms with Crippen molar-refractivity contribution in [3.8, 4) is 11.5 Å². The third-order valence-corrected chi connectivity index (χ3v) is 3.86. The molecule has 0 aliphatic carbocycles. The van der Waals surface area contributed by atoms with Crippen LogP contribution in [0.3, 0.4) is 0 Å². The van der Waals surface area contributed by atoms with Crippen LogP contribution in [0.25, 0.3) is 0 Å². The molecule has 0 saturated heterocycles. The maximum atomic E-state index is 5.63. The van der Waals surface area contributed by atoms with Gasteiger partial charge in [-0.2, -0.15) is 0 Å². The zero-order valence-corrected chi connectivity index (χ0v) is 13.2. The van der Waals surface area contributed by atoms with Gasteiger partial charge in [-0.15, -0.1) is 0 Å². The zero-order chi connectivity index (χ0) is 14.5. The van der Waals surface area contributed by atoms with Crippen molar-refractivity contribution in [2.45, 2.75) is 13.0 Å². The number of aromatic nitrogens is 1. The van der Waals surface area contributed by atoms with Gasteiger partial charge in [0.05, 0.1) is 4.47 Å². The molecule has 0 bridgehead atoms. The Morgan fingerprint density at radius 1 is 1.19 bits per heavy atom. The molecule has 5 heteroatoms. The van der Waals surface area contributed by atoms with Gasteiger partial charge in [-0.05, 0) is 45.8 Å². The molecule has 3 rings (SSSR count). The summed E-state index contributed by atoms with van der Waals surface area (Å²) in [4.78, 5) is 4.31. The molecule has 2 aromatic rings. The number of halogens is 1. The number of rotatable bonds is 5. The first-order valence-corrected chi connectivity index (χ1v) is 7.81. The molecule has 0 atom stereocenters. The summed E-state index contributed by atoms with van der Waals surface area (Å²) < 4.78 is 12.2. The second kappa shape index (κ2) is 6.91. The Hall–Kier alpha value is -1.59. The lowest BCUT2D eigenvalue weighted by atomic mass is 10.2. The fourth-order valence-electron chi connectivity index (χ4n) is 2.26. The van der Waals surface area contributed by atoms with Crippen molar-refractivity contribution in [2.24, 2.45) is 0 Å². The molecule has 0 radical (unpaired) electrons. The van der Waals surface area contributed by atoms with Crippen LogP contribution in [0.15, 0.2) is 41.0 Å². The van der Waals surface area contributed by atoms with Crippen molar-refractivity contribution < 1.29 is 9.47 Å². The number of benzene rings is 1. The van der Waals surface area contributed by atoms with Crippen LogP contribution in [0.4, 0.5) is 0 Å². The van der Waals surface area contributed by atoms with E-state index in [1.807, 2.05) is 30.5 Å². The summed E-state index contributed by atoms with van der Waals surface area (Å²) in [6, 6.07) is 10.1. The van der Waals surface area contributed by atoms with Crippen molar-refractivity contribution in [1.82, 2.24) is 10.3 Å². The summed E-state index contributed by atoms with van der Waals surface area (Å²) in [6.07, 6.45) is 2.75. The Bertz CT molecular complexity index is 605. The molecule has 21 heavy (non-hydrogen) atoms. The van der Waals surface area contributed by atoms with Gasteiger partial charge in [-0.1, -0.05) is 6.07 Å². The average Bonchev–Trinajstić information content (AvgIpc) is 2.53. The van der Waals surface area contributed by atoms with Crippen LogP contribution in [-0.2, 0) is 13.0 Å². The summed E-state index contributed by atoms with van der Waals surface area (Å²) in [7, 11) is 0. The highest BCUT2D eigenvalue weighted by molar-refractivity contribution is 9.10. The minimum absolute atomic E-state index is 0.604. The Morgan fingerprint density at radius 2 is 2.10 bits per heavy atom. The second-order valence-electron chi connectivity index (χ2n) is 4.85. The number of nitrogens with zero attached hydrogens (tertiary/aromatic N) is 1. The smallest absolute Gasteiger partial charge is 0.175 e. The Morgan fingerprint density at radius 3 is 2.95 bits per heavy atom. The van der Waals surface area contributed by atoms with Gasteiger partial charge in [0.2, 0.25) is 0 Å². The molecular formula is C16H17BrN2O2. The van der Waals surface area contributed by atoms with E-state index < -0.39 is 0 Å². The average molecular weight is 349 g/mol. The van der Waals surface area contributed by atoms with E-state index in [1.165, 1.54) is 5.56 Å². The molecule has 0 amide bonds. The Balaban J connectivity index is 1.55. The van der Waals surface area contributed by atoms with Gasteiger partial charge in [0.15, 0.2) is 11.5 Å². The maximum Gasteiger partial charge on any atom is 0.175 e. The molecule has 2 heterocycles. The van der Waals surface area contributed by atoms with Gasteiger partial charge in [0.1, 0.15) is 13.2 Å². The molecule has 1 aromatic carbocycles. The van der Waals surface area contributed by atoms with Crippen molar-refractivity contribution in [1.29, 1.82) is 0 Å². The first kappa shape index (κ1) is 14.4. The fourth-order valence-corrected chi connectivity index (χ4v) is 2.87. The summed E-state index contributed by atoms with van der Waals surface area (Å²) in [5.74, 6) is 1.62. The molecule has 1 aliphatic heterocycles. The van der Waals surface area contributed by atoms with E-state index in [-0.39, 0.29) is 0 Å². The fraction of sp³-hybridized carbons (Fsp3) is 0.312. The zero-order valence-electron chi connectivity index (χ0n) is 11.6. The van der Waals surface area contributed by atoms with Crippen LogP contribution in [0.2, 0.25) is 0 Å². The third kappa shape index (κ3) is 3.74. The quantitative estimate of drug-likeness (QED) is 0.843. The normalized spacial score (nSPS) is 13.2. The Labute approximate surface area is 132 Å². The van der Waals surface area contributed by atoms with Crippen LogP contribution in [0.1, 0.15) is 11.3 Å². The van der Waals surface area contributed by atoms with Crippen molar-refractivity contribution in [3.05, 3.63) is 52.3 Å². The standard InChI is InChI=1S/C16H17BrN2O2/c17-14-9-12(10-15-16(14)21-8-7-20-15)11-18-6-4-13-3-1-2-5-19-13/h1-3,5,9-10,18H,4,6-8,11H2. The molecule has 1 aliphatic rings. The van der Waals surface area contributed by atoms with Gasteiger partial charge >= 0.3 is 0 Å². The predicted octanol–water partition coefficient (Wildman–Crippen LogP) is 2.95. The molecule has 0 unspecified atom stereocenters. The van der Waals surface area contributed by atoms with Crippen molar-refractivity contribution >= 4 is 15.9 Å². The molecule has 110 valence electrons. The number of fused-ring (bicyclic) bond motifs is 1. The van der Waals surface area contributed by atoms with Crippen molar-refractivity contribution in [3.63, 3.8) is 0 Å². The molecule has 0 fully saturated rings. The lowest BCUT2D eigenvalue weighted by Gasteiger charge is -2.20. The van der Waals surface area contributed by atoms with Gasteiger partial charge in [0.25, 0.3) is 0 Å². The molecular weight excluding hydrogens is 332 g/mol. The minimum Gasteiger partial charge on any atom is -0.486 e. The molecule has 4 nitrogen and oxygen atoms in total. The van der Waals surface area contributed by atoms with Crippen LogP contribution >= 0.6 is 15.9 Å². The van der Waals surface area contributed by atoms with E-state index >= 15 is 0 Å². The van der Waals surface area contributed by atoms with Gasteiger partial charge in [-0.3, -0.25) is 4.98 Å². The molecule has 1 N–H and O–H groups in total. The van der Waals surface area contributed by atoms with E-state index in [1.54, 1.807) is 0 Å². The lowest BCUT2D eigenvalue weighted by molar-refractivity contribution is 0.170. The second-order valence-corrected chi connectivity index (χ2v) is 5.70. The predicted molar refractivity (Wildman–Crippen MR) is 84.8 cm³/mol. The summed E-state index contributed by atoms with van der Waals surface area (Å²) >= 11 is 3.54. The summed E-state index contributed by atoms with van der Waals surface area (Å²) in [6.45, 7) is 2.90. The monoisotopic (exact) mass is 348 g/mol. The summed E-state index contributed by atoms with van der Waals surface area (Å²) in [5, 5.41) is 3.43. The SMILES string of the molecule is Brc1cc(CNCCc2ccccn2)cc2c1OCCO2. The van der Waals surface area contributed by atoms with Crippen LogP contribution in [-0.4, -0.2) is 24.7 Å². The van der Waals surface area contributed by atoms with E-state index in [2.05, 4.69) is 32.3 Å². The lowest BCUT2D eigenvalue weighted by Crippen LogP contribution is -2.19. The number of pyridine rings is 1. The number of hydrogen-bond acceptors (Lipinski definition) is 4. The van der Waals surface area contributed by atoms with E-state index in [9.17, 15) is 0 Å². The third-order valence-electron chi connectivity index (χ3n) is 3.27. The van der Waals surface area contributed by atoms with E-state index in [0.29, 0.717) is 13.2 Å². The molecule has 0 saturated carbocycles. The minimum atomic E-state index is 0.604. The largest absolute Gasteiger partial charge is 0.486 e. The first-order chi connectivity index (χ1) is 10.3. The topological polar surface area (TPSA) is 43.4 Å². The highest BCUT2D eigenvalue weighted by Crippen LogP contribution is 2.38. The van der Waals surface area contributed by atoms with Gasteiger partial charge in [-0.25, -0.2) is 0 Å². The number of nitrogens with one attached hydrogen (secondary N) is 1. The number of hydrogen-bond donors (Lipinski definition) is 1. The maximum absolute atomic E-state index is 5.63. The summed E-state index contributed by atoms with van der Waals surface area (Å²) in [5.41, 5.74) is 2.28. The van der Waals surface area contributed by atoms with Crippen molar-refractivity contribution in [2.75, 3.05) is 19.8 Å². The molecule has 0 spiro atoms. The van der Waals surface area contributed by atoms with Crippen LogP contribution in [0.5, 0.6) is 11.5 Å².